The first-order valence-corrected chi connectivity index (χ1v) is 30.9. The SMILES string of the molecule is C.C#CC.CC(C)S(=O)(=O)c1ccccc1Nc1nc(Cl)ncc1Cl.Cc1cc(N)c(OC(C)C)cc1C1CCNCC1.Cc1cc(Nc2ncc(Cl)c(Nc3ccccc3S(=O)(=O)C(C)C)n2)c(OC(C)C)cc1C1CCNCC1. The Labute approximate surface area is 496 Å². The highest BCUT2D eigenvalue weighted by molar-refractivity contribution is 7.92. The summed E-state index contributed by atoms with van der Waals surface area (Å²) in [5.74, 6) is 5.81. The Hall–Kier alpha value is -5.91. The van der Waals surface area contributed by atoms with Crippen LogP contribution in [-0.2, 0) is 19.7 Å². The van der Waals surface area contributed by atoms with E-state index in [0.717, 1.165) is 61.9 Å². The van der Waals surface area contributed by atoms with Crippen molar-refractivity contribution >= 4 is 94.8 Å². The maximum absolute atomic E-state index is 12.9. The summed E-state index contributed by atoms with van der Waals surface area (Å²) in [5.41, 5.74) is 13.5. The number of ether oxygens (including phenoxy) is 2. The highest BCUT2D eigenvalue weighted by atomic mass is 35.5. The van der Waals surface area contributed by atoms with Crippen molar-refractivity contribution in [3.8, 4) is 23.8 Å². The number of para-hydroxylation sites is 2. The van der Waals surface area contributed by atoms with E-state index in [4.69, 9.17) is 50.0 Å². The third-order valence-corrected chi connectivity index (χ3v) is 18.0. The average Bonchev–Trinajstić information content (AvgIpc) is 3.41. The smallest absolute Gasteiger partial charge is 0.229 e. The Morgan fingerprint density at radius 2 is 1.02 bits per heavy atom. The van der Waals surface area contributed by atoms with Gasteiger partial charge in [0.05, 0.1) is 67.6 Å². The topological polar surface area (TPSA) is 224 Å². The molecule has 2 aliphatic heterocycles. The molecule has 2 aliphatic rings. The number of piperidine rings is 2. The van der Waals surface area contributed by atoms with E-state index >= 15 is 0 Å². The number of hydrogen-bond acceptors (Lipinski definition) is 16. The Morgan fingerprint density at radius 3 is 1.48 bits per heavy atom. The number of rotatable bonds is 16. The monoisotopic (exact) mass is 1210 g/mol. The lowest BCUT2D eigenvalue weighted by Gasteiger charge is -2.26. The highest BCUT2D eigenvalue weighted by Crippen LogP contribution is 2.39. The highest BCUT2D eigenvalue weighted by Gasteiger charge is 2.26. The van der Waals surface area contributed by atoms with Crippen molar-refractivity contribution in [1.82, 2.24) is 30.6 Å². The van der Waals surface area contributed by atoms with Crippen molar-refractivity contribution < 1.29 is 26.3 Å². The van der Waals surface area contributed by atoms with E-state index in [2.05, 4.69) is 97.0 Å². The zero-order chi connectivity index (χ0) is 58.9. The van der Waals surface area contributed by atoms with Crippen LogP contribution in [-0.4, -0.2) is 85.7 Å². The zero-order valence-corrected chi connectivity index (χ0v) is 51.4. The summed E-state index contributed by atoms with van der Waals surface area (Å²) < 4.78 is 62.5. The molecule has 4 heterocycles. The summed E-state index contributed by atoms with van der Waals surface area (Å²) in [7, 11) is -6.95. The van der Waals surface area contributed by atoms with E-state index in [1.54, 1.807) is 77.1 Å². The van der Waals surface area contributed by atoms with E-state index in [1.165, 1.54) is 53.6 Å². The number of anilines is 7. The van der Waals surface area contributed by atoms with Gasteiger partial charge in [-0.15, -0.1) is 12.3 Å². The van der Waals surface area contributed by atoms with Crippen LogP contribution in [0.1, 0.15) is 130 Å². The van der Waals surface area contributed by atoms with Crippen LogP contribution in [0.5, 0.6) is 11.5 Å². The van der Waals surface area contributed by atoms with Gasteiger partial charge in [-0.2, -0.15) is 9.97 Å². The number of benzene rings is 4. The molecular weight excluding hydrogens is 1130 g/mol. The molecular formula is C60H81Cl3N10O6S2. The van der Waals surface area contributed by atoms with E-state index in [-0.39, 0.29) is 50.6 Å². The van der Waals surface area contributed by atoms with Crippen LogP contribution >= 0.6 is 34.8 Å². The summed E-state index contributed by atoms with van der Waals surface area (Å²) >= 11 is 18.1. The van der Waals surface area contributed by atoms with Gasteiger partial charge in [0.1, 0.15) is 21.5 Å². The second-order valence-electron chi connectivity index (χ2n) is 20.4. The number of nitrogens with one attached hydrogen (secondary N) is 5. The minimum Gasteiger partial charge on any atom is -0.489 e. The number of sulfone groups is 2. The Morgan fingerprint density at radius 1 is 0.617 bits per heavy atom. The third-order valence-electron chi connectivity index (χ3n) is 12.9. The lowest BCUT2D eigenvalue weighted by molar-refractivity contribution is 0.243. The van der Waals surface area contributed by atoms with Gasteiger partial charge < -0.3 is 41.8 Å². The standard InChI is InChI=1S/C28H36ClN5O3S.C15H24N2O.C13H13Cl2N3O2S.C3H4.CH4/c1-17(2)37-25-15-21(20-10-12-30-13-11-20)19(5)14-24(25)33-28-31-16-22(29)27(34-28)32-23-8-6-7-9-26(23)38(35,36)18(3)4;1-10(2)18-15-9-13(11(3)8-14(15)16)12-4-6-17-7-5-12;1-8(2)21(19,20)11-6-4-3-5-10(11)17-12-9(14)7-16-13(15)18-12;1-3-2;/h6-9,14-18,20,30H,10-13H2,1-5H3,(H2,31,32,33,34);8-10,12,17H,4-7,16H2,1-3H3;3-8H,1-2H3,(H,16,17,18);1H,2H3;1H4. The number of nitrogens with two attached hydrogens (primary N) is 1. The fourth-order valence-corrected chi connectivity index (χ4v) is 11.7. The fourth-order valence-electron chi connectivity index (χ4n) is 8.85. The number of nitrogens with zero attached hydrogens (tertiary/aromatic N) is 4. The molecule has 2 saturated heterocycles. The minimum atomic E-state index is -3.52. The lowest BCUT2D eigenvalue weighted by atomic mass is 9.87. The van der Waals surface area contributed by atoms with Gasteiger partial charge in [-0.25, -0.2) is 26.8 Å². The number of halogens is 3. The molecule has 7 N–H and O–H groups in total. The Kier molecular flexibility index (Phi) is 26.3. The maximum Gasteiger partial charge on any atom is 0.229 e. The van der Waals surface area contributed by atoms with Crippen LogP contribution in [0.4, 0.5) is 40.3 Å². The fraction of sp³-hybridized carbons (Fsp3) is 0.433. The van der Waals surface area contributed by atoms with Crippen LogP contribution in [0.2, 0.25) is 15.3 Å². The van der Waals surface area contributed by atoms with Crippen molar-refractivity contribution in [2.75, 3.05) is 47.9 Å². The maximum atomic E-state index is 12.9. The number of nitrogen functional groups attached to an aromatic ring is 1. The van der Waals surface area contributed by atoms with Gasteiger partial charge in [0.25, 0.3) is 0 Å². The average molecular weight is 1210 g/mol. The van der Waals surface area contributed by atoms with Crippen molar-refractivity contribution in [3.05, 3.63) is 123 Å². The van der Waals surface area contributed by atoms with Crippen molar-refractivity contribution in [2.24, 2.45) is 0 Å². The molecule has 0 spiro atoms. The van der Waals surface area contributed by atoms with Gasteiger partial charge >= 0.3 is 0 Å². The number of terminal acetylenes is 1. The van der Waals surface area contributed by atoms with Crippen LogP contribution in [0, 0.1) is 26.2 Å². The van der Waals surface area contributed by atoms with Gasteiger partial charge in [0.2, 0.25) is 11.2 Å². The second-order valence-corrected chi connectivity index (χ2v) is 26.5. The summed E-state index contributed by atoms with van der Waals surface area (Å²) in [5, 5.41) is 15.5. The molecule has 0 amide bonds. The lowest BCUT2D eigenvalue weighted by Crippen LogP contribution is -2.27. The molecule has 21 heteroatoms. The van der Waals surface area contributed by atoms with Crippen LogP contribution in [0.3, 0.4) is 0 Å². The molecule has 2 fully saturated rings. The minimum absolute atomic E-state index is 0. The summed E-state index contributed by atoms with van der Waals surface area (Å²) in [6.45, 7) is 24.8. The molecule has 2 aromatic heterocycles. The van der Waals surface area contributed by atoms with Crippen LogP contribution in [0.15, 0.2) is 95.0 Å². The van der Waals surface area contributed by atoms with Gasteiger partial charge in [-0.3, -0.25) is 0 Å². The normalized spacial score (nSPS) is 13.8. The molecule has 0 saturated carbocycles. The van der Waals surface area contributed by atoms with Gasteiger partial charge in [0.15, 0.2) is 31.3 Å². The first-order chi connectivity index (χ1) is 37.9. The molecule has 0 bridgehead atoms. The largest absolute Gasteiger partial charge is 0.489 e. The molecule has 0 unspecified atom stereocenters. The predicted molar refractivity (Wildman–Crippen MR) is 336 cm³/mol. The molecule has 0 atom stereocenters. The van der Waals surface area contributed by atoms with E-state index < -0.39 is 30.2 Å². The Bertz CT molecular complexity index is 3290. The molecule has 0 aliphatic carbocycles. The molecule has 4 aromatic carbocycles. The van der Waals surface area contributed by atoms with Gasteiger partial charge in [0, 0.05) is 0 Å². The van der Waals surface area contributed by atoms with Gasteiger partial charge in [-0.05, 0) is 222 Å². The van der Waals surface area contributed by atoms with Crippen molar-refractivity contribution in [3.63, 3.8) is 0 Å². The van der Waals surface area contributed by atoms with Crippen LogP contribution < -0.4 is 41.8 Å². The number of aryl methyl sites for hydroxylation is 2. The zero-order valence-electron chi connectivity index (χ0n) is 47.5. The number of hydrogen-bond donors (Lipinski definition) is 6. The molecule has 440 valence electrons. The summed E-state index contributed by atoms with van der Waals surface area (Å²) in [4.78, 5) is 17.0. The van der Waals surface area contributed by atoms with Crippen molar-refractivity contribution in [2.45, 2.75) is 154 Å². The van der Waals surface area contributed by atoms with E-state index in [0.29, 0.717) is 35.0 Å². The predicted octanol–water partition coefficient (Wildman–Crippen LogP) is 14.2. The summed E-state index contributed by atoms with van der Waals surface area (Å²) in [6, 6.07) is 21.7. The third kappa shape index (κ3) is 19.1. The molecule has 6 aromatic rings. The second kappa shape index (κ2) is 31.5. The Balaban J connectivity index is 0.000000277. The molecule has 8 rings (SSSR count). The number of aromatic nitrogens is 4. The van der Waals surface area contributed by atoms with Crippen molar-refractivity contribution in [1.29, 1.82) is 0 Å². The first kappa shape index (κ1) is 67.6. The van der Waals surface area contributed by atoms with E-state index in [1.807, 2.05) is 27.7 Å². The molecule has 16 nitrogen and oxygen atoms in total. The van der Waals surface area contributed by atoms with Gasteiger partial charge in [-0.1, -0.05) is 54.9 Å². The molecule has 81 heavy (non-hydrogen) atoms. The quantitative estimate of drug-likeness (QED) is 0.0301. The van der Waals surface area contributed by atoms with E-state index in [9.17, 15) is 16.8 Å². The summed E-state index contributed by atoms with van der Waals surface area (Å²) in [6.07, 6.45) is 12.2. The first-order valence-electron chi connectivity index (χ1n) is 26.7. The van der Waals surface area contributed by atoms with Crippen LogP contribution in [0.25, 0.3) is 0 Å². The molecule has 0 radical (unpaired) electrons.